The van der Waals surface area contributed by atoms with Gasteiger partial charge < -0.3 is 4.74 Å². The summed E-state index contributed by atoms with van der Waals surface area (Å²) in [6.07, 6.45) is 6.79. The molecule has 1 fully saturated rings. The van der Waals surface area contributed by atoms with Crippen LogP contribution in [0, 0.1) is 0 Å². The number of aromatic nitrogens is 1. The summed E-state index contributed by atoms with van der Waals surface area (Å²) in [6.45, 7) is 2.03. The van der Waals surface area contributed by atoms with E-state index in [1.165, 1.54) is 43.4 Å². The number of Topliss-reactive ketones (excluding diaryl/α,β-unsaturated/α-hetero) is 1. The smallest absolute Gasteiger partial charge is 0.171 e. The number of hydrogen-bond donors (Lipinski definition) is 0. The number of rotatable bonds is 6. The third-order valence-electron chi connectivity index (χ3n) is 3.34. The summed E-state index contributed by atoms with van der Waals surface area (Å²) in [5.41, 5.74) is 0.805. The molecule has 1 aliphatic carbocycles. The van der Waals surface area contributed by atoms with Crippen molar-refractivity contribution < 1.29 is 9.53 Å². The Morgan fingerprint density at radius 2 is 2.16 bits per heavy atom. The molecule has 19 heavy (non-hydrogen) atoms. The Bertz CT molecular complexity index is 425. The van der Waals surface area contributed by atoms with Gasteiger partial charge in [0.05, 0.1) is 17.2 Å². The molecular weight excluding hydrogens is 278 g/mol. The van der Waals surface area contributed by atoms with E-state index in [4.69, 9.17) is 4.74 Å². The minimum Gasteiger partial charge on any atom is -0.378 e. The number of methoxy groups -OCH3 is 1. The van der Waals surface area contributed by atoms with Gasteiger partial charge in [-0.05, 0) is 12.8 Å². The monoisotopic (exact) mass is 299 g/mol. The number of ketones is 1. The summed E-state index contributed by atoms with van der Waals surface area (Å²) in [5.74, 6) is 1.03. The Labute approximate surface area is 123 Å². The highest BCUT2D eigenvalue weighted by molar-refractivity contribution is 7.99. The van der Waals surface area contributed by atoms with Gasteiger partial charge >= 0.3 is 0 Å². The van der Waals surface area contributed by atoms with Gasteiger partial charge in [0, 0.05) is 25.0 Å². The van der Waals surface area contributed by atoms with Crippen LogP contribution in [0.25, 0.3) is 0 Å². The van der Waals surface area contributed by atoms with Crippen molar-refractivity contribution >= 4 is 28.9 Å². The molecule has 1 heterocycles. The van der Waals surface area contributed by atoms with E-state index in [2.05, 4.69) is 4.98 Å². The molecule has 0 N–H and O–H groups in total. The second-order valence-corrected chi connectivity index (χ2v) is 7.32. The van der Waals surface area contributed by atoms with Crippen LogP contribution in [0.4, 0.5) is 0 Å². The summed E-state index contributed by atoms with van der Waals surface area (Å²) in [4.78, 5) is 16.9. The van der Waals surface area contributed by atoms with E-state index in [1.807, 2.05) is 11.8 Å². The van der Waals surface area contributed by atoms with Crippen LogP contribution >= 0.6 is 23.1 Å². The zero-order valence-electron chi connectivity index (χ0n) is 11.6. The standard InChI is InChI=1S/C14H21NO2S2/c1-10(16)14-12(8-17-2)15-13(19-14)9-18-11-6-4-3-5-7-11/h11H,3-9H2,1-2H3. The lowest BCUT2D eigenvalue weighted by molar-refractivity contribution is 0.101. The van der Waals surface area contributed by atoms with E-state index in [1.54, 1.807) is 14.0 Å². The Morgan fingerprint density at radius 3 is 2.79 bits per heavy atom. The summed E-state index contributed by atoms with van der Waals surface area (Å²) in [6, 6.07) is 0. The van der Waals surface area contributed by atoms with Gasteiger partial charge in [-0.15, -0.1) is 11.3 Å². The molecule has 2 rings (SSSR count). The van der Waals surface area contributed by atoms with Crippen LogP contribution in [0.2, 0.25) is 0 Å². The van der Waals surface area contributed by atoms with Crippen LogP contribution in [0.15, 0.2) is 0 Å². The molecule has 0 spiro atoms. The first-order chi connectivity index (χ1) is 9.20. The van der Waals surface area contributed by atoms with Gasteiger partial charge in [0.2, 0.25) is 0 Å². The minimum absolute atomic E-state index is 0.0958. The number of thioether (sulfide) groups is 1. The number of carbonyl (C=O) groups excluding carboxylic acids is 1. The van der Waals surface area contributed by atoms with Crippen LogP contribution < -0.4 is 0 Å². The average molecular weight is 299 g/mol. The number of ether oxygens (including phenoxy) is 1. The molecule has 1 saturated carbocycles. The molecule has 3 nitrogen and oxygen atoms in total. The first-order valence-corrected chi connectivity index (χ1v) is 8.67. The molecule has 5 heteroatoms. The molecule has 0 bridgehead atoms. The lowest BCUT2D eigenvalue weighted by Gasteiger charge is -2.20. The van der Waals surface area contributed by atoms with E-state index in [0.717, 1.165) is 26.6 Å². The summed E-state index contributed by atoms with van der Waals surface area (Å²) >= 11 is 3.53. The molecule has 0 unspecified atom stereocenters. The third-order valence-corrected chi connectivity index (χ3v) is 6.10. The molecular formula is C14H21NO2S2. The number of carbonyl (C=O) groups is 1. The van der Waals surface area contributed by atoms with E-state index >= 15 is 0 Å². The van der Waals surface area contributed by atoms with E-state index < -0.39 is 0 Å². The molecule has 0 aliphatic heterocycles. The second kappa shape index (κ2) is 7.41. The van der Waals surface area contributed by atoms with Gasteiger partial charge in [0.1, 0.15) is 5.01 Å². The molecule has 1 aromatic rings. The van der Waals surface area contributed by atoms with Gasteiger partial charge in [0.15, 0.2) is 5.78 Å². The molecule has 0 saturated heterocycles. The highest BCUT2D eigenvalue weighted by Gasteiger charge is 2.17. The maximum atomic E-state index is 11.6. The Kier molecular flexibility index (Phi) is 5.85. The summed E-state index contributed by atoms with van der Waals surface area (Å²) in [5, 5.41) is 1.84. The molecule has 1 aromatic heterocycles. The van der Waals surface area contributed by atoms with Crippen molar-refractivity contribution in [3.05, 3.63) is 15.6 Å². The van der Waals surface area contributed by atoms with Crippen LogP contribution in [0.1, 0.15) is 59.4 Å². The fraction of sp³-hybridized carbons (Fsp3) is 0.714. The molecule has 0 radical (unpaired) electrons. The zero-order chi connectivity index (χ0) is 13.7. The van der Waals surface area contributed by atoms with Gasteiger partial charge in [-0.25, -0.2) is 4.98 Å². The number of nitrogens with zero attached hydrogens (tertiary/aromatic N) is 1. The largest absolute Gasteiger partial charge is 0.378 e. The second-order valence-electron chi connectivity index (χ2n) is 4.94. The fourth-order valence-electron chi connectivity index (χ4n) is 2.39. The molecule has 0 amide bonds. The first-order valence-electron chi connectivity index (χ1n) is 6.80. The number of thiazole rings is 1. The van der Waals surface area contributed by atoms with Crippen LogP contribution in [0.3, 0.4) is 0 Å². The molecule has 1 aliphatic rings. The SMILES string of the molecule is COCc1nc(CSC2CCCCC2)sc1C(C)=O. The van der Waals surface area contributed by atoms with Crippen molar-refractivity contribution in [3.8, 4) is 0 Å². The fourth-order valence-corrected chi connectivity index (χ4v) is 4.70. The predicted octanol–water partition coefficient (Wildman–Crippen LogP) is 4.06. The third kappa shape index (κ3) is 4.29. The van der Waals surface area contributed by atoms with Crippen molar-refractivity contribution in [2.75, 3.05) is 7.11 Å². The van der Waals surface area contributed by atoms with Crippen molar-refractivity contribution in [1.29, 1.82) is 0 Å². The average Bonchev–Trinajstić information content (AvgIpc) is 2.81. The van der Waals surface area contributed by atoms with Crippen LogP contribution in [-0.2, 0) is 17.1 Å². The molecule has 106 valence electrons. The summed E-state index contributed by atoms with van der Waals surface area (Å²) < 4.78 is 5.11. The van der Waals surface area contributed by atoms with Crippen molar-refractivity contribution in [2.45, 2.75) is 56.6 Å². The predicted molar refractivity (Wildman–Crippen MR) is 81.0 cm³/mol. The highest BCUT2D eigenvalue weighted by atomic mass is 32.2. The maximum Gasteiger partial charge on any atom is 0.171 e. The van der Waals surface area contributed by atoms with Gasteiger partial charge in [-0.2, -0.15) is 11.8 Å². The van der Waals surface area contributed by atoms with E-state index in [9.17, 15) is 4.79 Å². The number of hydrogen-bond acceptors (Lipinski definition) is 5. The quantitative estimate of drug-likeness (QED) is 0.743. The normalized spacial score (nSPS) is 16.7. The lowest BCUT2D eigenvalue weighted by Crippen LogP contribution is -2.08. The van der Waals surface area contributed by atoms with E-state index in [0.29, 0.717) is 6.61 Å². The van der Waals surface area contributed by atoms with Crippen LogP contribution in [-0.4, -0.2) is 23.1 Å². The first kappa shape index (κ1) is 15.0. The Morgan fingerprint density at radius 1 is 1.42 bits per heavy atom. The Hall–Kier alpha value is -0.390. The Balaban J connectivity index is 1.95. The van der Waals surface area contributed by atoms with Crippen molar-refractivity contribution in [3.63, 3.8) is 0 Å². The lowest BCUT2D eigenvalue weighted by atomic mass is 10.0. The highest BCUT2D eigenvalue weighted by Crippen LogP contribution is 2.32. The maximum absolute atomic E-state index is 11.6. The molecule has 0 atom stereocenters. The summed E-state index contributed by atoms with van der Waals surface area (Å²) in [7, 11) is 1.64. The van der Waals surface area contributed by atoms with Crippen LogP contribution in [0.5, 0.6) is 0 Å². The van der Waals surface area contributed by atoms with Gasteiger partial charge in [-0.1, -0.05) is 19.3 Å². The van der Waals surface area contributed by atoms with Gasteiger partial charge in [0.25, 0.3) is 0 Å². The van der Waals surface area contributed by atoms with E-state index in [-0.39, 0.29) is 5.78 Å². The minimum atomic E-state index is 0.0958. The van der Waals surface area contributed by atoms with Crippen molar-refractivity contribution in [1.82, 2.24) is 4.98 Å². The van der Waals surface area contributed by atoms with Crippen molar-refractivity contribution in [2.24, 2.45) is 0 Å². The topological polar surface area (TPSA) is 39.2 Å². The zero-order valence-corrected chi connectivity index (χ0v) is 13.2. The molecule has 0 aromatic carbocycles. The van der Waals surface area contributed by atoms with Gasteiger partial charge in [-0.3, -0.25) is 4.79 Å².